The molecule has 0 spiro atoms. The molecule has 1 amide bonds. The van der Waals surface area contributed by atoms with Gasteiger partial charge in [-0.2, -0.15) is 0 Å². The number of amides is 1. The number of hydrogen-bond acceptors (Lipinski definition) is 5. The van der Waals surface area contributed by atoms with Gasteiger partial charge in [-0.3, -0.25) is 14.7 Å². The van der Waals surface area contributed by atoms with Crippen molar-refractivity contribution in [3.05, 3.63) is 54.4 Å². The molecule has 0 atom stereocenters. The fraction of sp³-hybridized carbons (Fsp3) is 0.333. The smallest absolute Gasteiger partial charge is 0.253 e. The molecule has 24 heavy (non-hydrogen) atoms. The summed E-state index contributed by atoms with van der Waals surface area (Å²) in [5.74, 6) is 0.0640. The van der Waals surface area contributed by atoms with Crippen LogP contribution in [0.25, 0.3) is 0 Å². The number of carbonyl (C=O) groups is 1. The highest BCUT2D eigenvalue weighted by molar-refractivity contribution is 5.94. The molecule has 1 aromatic heterocycles. The quantitative estimate of drug-likeness (QED) is 0.873. The van der Waals surface area contributed by atoms with Crippen molar-refractivity contribution in [2.45, 2.75) is 0 Å². The molecule has 1 aliphatic rings. The van der Waals surface area contributed by atoms with Gasteiger partial charge >= 0.3 is 0 Å². The first-order valence-electron chi connectivity index (χ1n) is 8.16. The molecule has 126 valence electrons. The minimum Gasteiger partial charge on any atom is -0.395 e. The Hall–Kier alpha value is -2.44. The SMILES string of the molecule is O=C(c1ccc(Nc2ccncc2)cc1)N1CCN(CCO)CC1. The number of aromatic nitrogens is 1. The van der Waals surface area contributed by atoms with Crippen LogP contribution in [0.5, 0.6) is 0 Å². The molecule has 0 bridgehead atoms. The molecule has 0 unspecified atom stereocenters. The van der Waals surface area contributed by atoms with Gasteiger partial charge in [-0.25, -0.2) is 0 Å². The Bertz CT molecular complexity index is 652. The third kappa shape index (κ3) is 4.10. The van der Waals surface area contributed by atoms with E-state index in [9.17, 15) is 4.79 Å². The van der Waals surface area contributed by atoms with Crippen LogP contribution >= 0.6 is 0 Å². The third-order valence-corrected chi connectivity index (χ3v) is 4.18. The molecule has 1 fully saturated rings. The Morgan fingerprint density at radius 3 is 2.25 bits per heavy atom. The highest BCUT2D eigenvalue weighted by atomic mass is 16.3. The number of anilines is 2. The van der Waals surface area contributed by atoms with Crippen LogP contribution in [-0.2, 0) is 0 Å². The van der Waals surface area contributed by atoms with E-state index in [1.165, 1.54) is 0 Å². The zero-order chi connectivity index (χ0) is 16.8. The Balaban J connectivity index is 1.58. The van der Waals surface area contributed by atoms with E-state index in [1.807, 2.05) is 41.3 Å². The van der Waals surface area contributed by atoms with Crippen LogP contribution in [-0.4, -0.2) is 65.1 Å². The average Bonchev–Trinajstić information content (AvgIpc) is 2.64. The van der Waals surface area contributed by atoms with Crippen LogP contribution in [0.2, 0.25) is 0 Å². The number of aliphatic hydroxyl groups is 1. The number of carbonyl (C=O) groups excluding carboxylic acids is 1. The summed E-state index contributed by atoms with van der Waals surface area (Å²) in [5.41, 5.74) is 2.60. The van der Waals surface area contributed by atoms with Gasteiger partial charge in [0.2, 0.25) is 0 Å². The number of β-amino-alcohol motifs (C(OH)–C–C–N with tert-alkyl or cyclic N) is 1. The maximum atomic E-state index is 12.6. The van der Waals surface area contributed by atoms with Crippen molar-refractivity contribution in [2.75, 3.05) is 44.6 Å². The second-order valence-electron chi connectivity index (χ2n) is 5.80. The molecule has 2 N–H and O–H groups in total. The van der Waals surface area contributed by atoms with Crippen molar-refractivity contribution in [3.8, 4) is 0 Å². The molecule has 0 radical (unpaired) electrons. The summed E-state index contributed by atoms with van der Waals surface area (Å²) >= 11 is 0. The monoisotopic (exact) mass is 326 g/mol. The van der Waals surface area contributed by atoms with E-state index >= 15 is 0 Å². The molecular formula is C18H22N4O2. The van der Waals surface area contributed by atoms with Crippen LogP contribution in [0, 0.1) is 0 Å². The Kier molecular flexibility index (Phi) is 5.40. The van der Waals surface area contributed by atoms with Crippen molar-refractivity contribution in [1.82, 2.24) is 14.8 Å². The van der Waals surface area contributed by atoms with Crippen molar-refractivity contribution >= 4 is 17.3 Å². The maximum Gasteiger partial charge on any atom is 0.253 e. The molecule has 3 rings (SSSR count). The van der Waals surface area contributed by atoms with Gasteiger partial charge in [-0.1, -0.05) is 0 Å². The van der Waals surface area contributed by atoms with Crippen LogP contribution in [0.1, 0.15) is 10.4 Å². The predicted molar refractivity (Wildman–Crippen MR) is 93.4 cm³/mol. The van der Waals surface area contributed by atoms with E-state index in [1.54, 1.807) is 12.4 Å². The van der Waals surface area contributed by atoms with E-state index in [0.29, 0.717) is 25.2 Å². The third-order valence-electron chi connectivity index (χ3n) is 4.18. The van der Waals surface area contributed by atoms with E-state index in [0.717, 1.165) is 24.5 Å². The van der Waals surface area contributed by atoms with Gasteiger partial charge in [-0.15, -0.1) is 0 Å². The molecule has 1 saturated heterocycles. The zero-order valence-corrected chi connectivity index (χ0v) is 13.6. The molecule has 1 aromatic carbocycles. The fourth-order valence-electron chi connectivity index (χ4n) is 2.80. The molecule has 0 saturated carbocycles. The van der Waals surface area contributed by atoms with Crippen LogP contribution in [0.3, 0.4) is 0 Å². The first-order valence-corrected chi connectivity index (χ1v) is 8.16. The number of benzene rings is 1. The first-order chi connectivity index (χ1) is 11.8. The largest absolute Gasteiger partial charge is 0.395 e. The van der Waals surface area contributed by atoms with Gasteiger partial charge in [0.15, 0.2) is 0 Å². The summed E-state index contributed by atoms with van der Waals surface area (Å²) in [7, 11) is 0. The van der Waals surface area contributed by atoms with Crippen LogP contribution in [0.15, 0.2) is 48.8 Å². The second-order valence-corrected chi connectivity index (χ2v) is 5.80. The highest BCUT2D eigenvalue weighted by Crippen LogP contribution is 2.17. The number of rotatable bonds is 5. The topological polar surface area (TPSA) is 68.7 Å². The van der Waals surface area contributed by atoms with E-state index in [2.05, 4.69) is 15.2 Å². The summed E-state index contributed by atoms with van der Waals surface area (Å²) in [6.45, 7) is 3.88. The zero-order valence-electron chi connectivity index (χ0n) is 13.6. The van der Waals surface area contributed by atoms with E-state index < -0.39 is 0 Å². The summed E-state index contributed by atoms with van der Waals surface area (Å²) in [6.07, 6.45) is 3.47. The summed E-state index contributed by atoms with van der Waals surface area (Å²) in [5, 5.41) is 12.2. The van der Waals surface area contributed by atoms with Gasteiger partial charge in [-0.05, 0) is 36.4 Å². The van der Waals surface area contributed by atoms with Crippen LogP contribution < -0.4 is 5.32 Å². The molecule has 6 heteroatoms. The Morgan fingerprint density at radius 2 is 1.62 bits per heavy atom. The lowest BCUT2D eigenvalue weighted by Crippen LogP contribution is -2.49. The standard InChI is InChI=1S/C18H22N4O2/c23-14-13-21-9-11-22(12-10-21)18(24)15-1-3-16(4-2-15)20-17-5-7-19-8-6-17/h1-8,23H,9-14H2,(H,19,20). The first kappa shape index (κ1) is 16.4. The number of pyridine rings is 1. The highest BCUT2D eigenvalue weighted by Gasteiger charge is 2.21. The Labute approximate surface area is 141 Å². The number of aliphatic hydroxyl groups excluding tert-OH is 1. The van der Waals surface area contributed by atoms with Gasteiger partial charge < -0.3 is 15.3 Å². The van der Waals surface area contributed by atoms with Gasteiger partial charge in [0.1, 0.15) is 0 Å². The second kappa shape index (κ2) is 7.90. The minimum atomic E-state index is 0.0640. The lowest BCUT2D eigenvalue weighted by molar-refractivity contribution is 0.0615. The summed E-state index contributed by atoms with van der Waals surface area (Å²) in [6, 6.07) is 11.3. The number of nitrogens with one attached hydrogen (secondary N) is 1. The average molecular weight is 326 g/mol. The van der Waals surface area contributed by atoms with Crippen molar-refractivity contribution in [3.63, 3.8) is 0 Å². The van der Waals surface area contributed by atoms with Gasteiger partial charge in [0, 0.05) is 62.1 Å². The molecule has 2 aromatic rings. The lowest BCUT2D eigenvalue weighted by Gasteiger charge is -2.34. The summed E-state index contributed by atoms with van der Waals surface area (Å²) < 4.78 is 0. The van der Waals surface area contributed by atoms with Gasteiger partial charge in [0.25, 0.3) is 5.91 Å². The lowest BCUT2D eigenvalue weighted by atomic mass is 10.1. The number of hydrogen-bond donors (Lipinski definition) is 2. The number of piperazine rings is 1. The normalized spacial score (nSPS) is 15.3. The van der Waals surface area contributed by atoms with Crippen LogP contribution in [0.4, 0.5) is 11.4 Å². The van der Waals surface area contributed by atoms with E-state index in [-0.39, 0.29) is 12.5 Å². The molecule has 2 heterocycles. The molecule has 0 aliphatic carbocycles. The molecule has 1 aliphatic heterocycles. The van der Waals surface area contributed by atoms with E-state index in [4.69, 9.17) is 5.11 Å². The fourth-order valence-corrected chi connectivity index (χ4v) is 2.80. The predicted octanol–water partition coefficient (Wildman–Crippen LogP) is 1.58. The summed E-state index contributed by atoms with van der Waals surface area (Å²) in [4.78, 5) is 20.6. The van der Waals surface area contributed by atoms with Gasteiger partial charge in [0.05, 0.1) is 6.61 Å². The molecule has 6 nitrogen and oxygen atoms in total. The van der Waals surface area contributed by atoms with Crippen molar-refractivity contribution in [1.29, 1.82) is 0 Å². The number of nitrogens with zero attached hydrogens (tertiary/aromatic N) is 3. The van der Waals surface area contributed by atoms with Crippen molar-refractivity contribution in [2.24, 2.45) is 0 Å². The Morgan fingerprint density at radius 1 is 1.00 bits per heavy atom. The molecular weight excluding hydrogens is 304 g/mol. The van der Waals surface area contributed by atoms with Crippen molar-refractivity contribution < 1.29 is 9.90 Å². The maximum absolute atomic E-state index is 12.6. The minimum absolute atomic E-state index is 0.0640.